The number of carbonyl (C=O) groups excluding carboxylic acids is 2. The Morgan fingerprint density at radius 2 is 1.77 bits per heavy atom. The van der Waals surface area contributed by atoms with E-state index in [-0.39, 0.29) is 12.0 Å². The molecular weight excluding hydrogens is 352 g/mol. The molecule has 0 atom stereocenters. The normalized spacial score (nSPS) is 15.2. The quantitative estimate of drug-likeness (QED) is 0.801. The smallest absolute Gasteiger partial charge is 0.409 e. The number of halogens is 1. The van der Waals surface area contributed by atoms with Crippen molar-refractivity contribution in [3.05, 3.63) is 28.2 Å². The summed E-state index contributed by atoms with van der Waals surface area (Å²) < 4.78 is 10.6. The number of rotatable bonds is 2. The lowest BCUT2D eigenvalue weighted by Gasteiger charge is -2.21. The second-order valence-electron chi connectivity index (χ2n) is 4.95. The third-order valence-electron chi connectivity index (χ3n) is 3.61. The molecule has 120 valence electrons. The lowest BCUT2D eigenvalue weighted by Crippen LogP contribution is -2.37. The number of amides is 2. The van der Waals surface area contributed by atoms with E-state index < -0.39 is 0 Å². The van der Waals surface area contributed by atoms with Gasteiger partial charge in [0.1, 0.15) is 5.75 Å². The Morgan fingerprint density at radius 3 is 2.41 bits per heavy atom. The van der Waals surface area contributed by atoms with E-state index in [2.05, 4.69) is 15.9 Å². The molecular formula is C15H19BrN2O4. The minimum absolute atomic E-state index is 0.0462. The van der Waals surface area contributed by atoms with Gasteiger partial charge >= 0.3 is 6.09 Å². The highest BCUT2D eigenvalue weighted by Crippen LogP contribution is 2.26. The standard InChI is InChI=1S/C15H19BrN2O4/c1-21-13-5-4-11(10-12(13)16)14(19)17-6-3-7-18(9-8-17)15(20)22-2/h4-5,10H,3,6-9H2,1-2H3. The van der Waals surface area contributed by atoms with Crippen LogP contribution >= 0.6 is 15.9 Å². The fraction of sp³-hybridized carbons (Fsp3) is 0.467. The van der Waals surface area contributed by atoms with Crippen molar-refractivity contribution in [3.8, 4) is 5.75 Å². The first-order valence-corrected chi connectivity index (χ1v) is 7.82. The fourth-order valence-corrected chi connectivity index (χ4v) is 2.95. The van der Waals surface area contributed by atoms with Crippen LogP contribution in [0.15, 0.2) is 22.7 Å². The molecule has 1 fully saturated rings. The number of benzene rings is 1. The highest BCUT2D eigenvalue weighted by Gasteiger charge is 2.23. The molecule has 1 aliphatic rings. The number of hydrogen-bond donors (Lipinski definition) is 0. The van der Waals surface area contributed by atoms with Crippen molar-refractivity contribution >= 4 is 27.9 Å². The van der Waals surface area contributed by atoms with Gasteiger partial charge < -0.3 is 19.3 Å². The number of nitrogens with zero attached hydrogens (tertiary/aromatic N) is 2. The first-order chi connectivity index (χ1) is 10.6. The zero-order valence-corrected chi connectivity index (χ0v) is 14.3. The van der Waals surface area contributed by atoms with Gasteiger partial charge in [0.25, 0.3) is 5.91 Å². The zero-order valence-electron chi connectivity index (χ0n) is 12.7. The average Bonchev–Trinajstić information content (AvgIpc) is 2.79. The van der Waals surface area contributed by atoms with Gasteiger partial charge in [-0.05, 0) is 40.5 Å². The lowest BCUT2D eigenvalue weighted by atomic mass is 10.2. The van der Waals surface area contributed by atoms with Crippen molar-refractivity contribution in [2.75, 3.05) is 40.4 Å². The van der Waals surface area contributed by atoms with Crippen molar-refractivity contribution in [1.29, 1.82) is 0 Å². The zero-order chi connectivity index (χ0) is 16.1. The molecule has 2 rings (SSSR count). The van der Waals surface area contributed by atoms with E-state index in [0.717, 1.165) is 10.9 Å². The second kappa shape index (κ2) is 7.49. The van der Waals surface area contributed by atoms with Crippen molar-refractivity contribution in [2.24, 2.45) is 0 Å². The number of hydrogen-bond acceptors (Lipinski definition) is 4. The van der Waals surface area contributed by atoms with Gasteiger partial charge in [0.05, 0.1) is 18.7 Å². The molecule has 22 heavy (non-hydrogen) atoms. The Balaban J connectivity index is 2.06. The number of methoxy groups -OCH3 is 2. The first-order valence-electron chi connectivity index (χ1n) is 7.02. The summed E-state index contributed by atoms with van der Waals surface area (Å²) in [5.74, 6) is 0.638. The molecule has 0 bridgehead atoms. The molecule has 6 nitrogen and oxygen atoms in total. The third kappa shape index (κ3) is 3.71. The van der Waals surface area contributed by atoms with E-state index in [1.807, 2.05) is 0 Å². The summed E-state index contributed by atoms with van der Waals surface area (Å²) in [5, 5.41) is 0. The van der Waals surface area contributed by atoms with Gasteiger partial charge in [-0.1, -0.05) is 0 Å². The molecule has 1 heterocycles. The Bertz CT molecular complexity index is 564. The molecule has 0 spiro atoms. The topological polar surface area (TPSA) is 59.1 Å². The second-order valence-corrected chi connectivity index (χ2v) is 5.81. The summed E-state index contributed by atoms with van der Waals surface area (Å²) >= 11 is 3.39. The summed E-state index contributed by atoms with van der Waals surface area (Å²) in [7, 11) is 2.95. The Hall–Kier alpha value is -1.76. The van der Waals surface area contributed by atoms with Gasteiger partial charge in [0.2, 0.25) is 0 Å². The third-order valence-corrected chi connectivity index (χ3v) is 4.23. The van der Waals surface area contributed by atoms with E-state index >= 15 is 0 Å². The number of ether oxygens (including phenoxy) is 2. The molecule has 1 aliphatic heterocycles. The van der Waals surface area contributed by atoms with E-state index in [1.54, 1.807) is 35.1 Å². The average molecular weight is 371 g/mol. The van der Waals surface area contributed by atoms with Crippen LogP contribution in [0.5, 0.6) is 5.75 Å². The highest BCUT2D eigenvalue weighted by molar-refractivity contribution is 9.10. The largest absolute Gasteiger partial charge is 0.496 e. The van der Waals surface area contributed by atoms with Crippen molar-refractivity contribution in [3.63, 3.8) is 0 Å². The predicted octanol–water partition coefficient (Wildman–Crippen LogP) is 2.37. The monoisotopic (exact) mass is 370 g/mol. The van der Waals surface area contributed by atoms with E-state index in [9.17, 15) is 9.59 Å². The van der Waals surface area contributed by atoms with Gasteiger partial charge in [-0.3, -0.25) is 4.79 Å². The molecule has 1 aromatic rings. The fourth-order valence-electron chi connectivity index (χ4n) is 2.41. The SMILES string of the molecule is COC(=O)N1CCCN(C(=O)c2ccc(OC)c(Br)c2)CC1. The summed E-state index contributed by atoms with van der Waals surface area (Å²) in [5.41, 5.74) is 0.596. The summed E-state index contributed by atoms with van der Waals surface area (Å²) in [6.45, 7) is 2.20. The van der Waals surface area contributed by atoms with Crippen molar-refractivity contribution < 1.29 is 19.1 Å². The summed E-state index contributed by atoms with van der Waals surface area (Å²) in [4.78, 5) is 27.5. The van der Waals surface area contributed by atoms with E-state index in [0.29, 0.717) is 37.5 Å². The molecule has 0 radical (unpaired) electrons. The van der Waals surface area contributed by atoms with Crippen LogP contribution in [-0.2, 0) is 4.74 Å². The Labute approximate surface area is 138 Å². The minimum Gasteiger partial charge on any atom is -0.496 e. The van der Waals surface area contributed by atoms with Gasteiger partial charge in [0, 0.05) is 31.7 Å². The number of carbonyl (C=O) groups is 2. The lowest BCUT2D eigenvalue weighted by molar-refractivity contribution is 0.0757. The molecule has 0 saturated carbocycles. The van der Waals surface area contributed by atoms with Crippen LogP contribution in [0.1, 0.15) is 16.8 Å². The van der Waals surface area contributed by atoms with Crippen LogP contribution < -0.4 is 4.74 Å². The maximum Gasteiger partial charge on any atom is 0.409 e. The van der Waals surface area contributed by atoms with E-state index in [1.165, 1.54) is 7.11 Å². The Kier molecular flexibility index (Phi) is 5.65. The van der Waals surface area contributed by atoms with Crippen LogP contribution in [0.25, 0.3) is 0 Å². The molecule has 0 N–H and O–H groups in total. The molecule has 0 aliphatic carbocycles. The van der Waals surface area contributed by atoms with Crippen LogP contribution in [0.3, 0.4) is 0 Å². The molecule has 0 unspecified atom stereocenters. The van der Waals surface area contributed by atoms with Crippen molar-refractivity contribution in [1.82, 2.24) is 9.80 Å². The summed E-state index contributed by atoms with van der Waals surface area (Å²) in [6.07, 6.45) is 0.388. The maximum atomic E-state index is 12.6. The van der Waals surface area contributed by atoms with Gasteiger partial charge in [0.15, 0.2) is 0 Å². The van der Waals surface area contributed by atoms with E-state index in [4.69, 9.17) is 9.47 Å². The first kappa shape index (κ1) is 16.6. The minimum atomic E-state index is -0.346. The van der Waals surface area contributed by atoms with Crippen LogP contribution in [0, 0.1) is 0 Å². The van der Waals surface area contributed by atoms with Crippen LogP contribution in [-0.4, -0.2) is 62.2 Å². The molecule has 7 heteroatoms. The van der Waals surface area contributed by atoms with Gasteiger partial charge in [-0.25, -0.2) is 4.79 Å². The highest BCUT2D eigenvalue weighted by atomic mass is 79.9. The van der Waals surface area contributed by atoms with Crippen LogP contribution in [0.2, 0.25) is 0 Å². The maximum absolute atomic E-state index is 12.6. The molecule has 1 saturated heterocycles. The Morgan fingerprint density at radius 1 is 1.09 bits per heavy atom. The summed E-state index contributed by atoms with van der Waals surface area (Å²) in [6, 6.07) is 5.26. The van der Waals surface area contributed by atoms with Gasteiger partial charge in [-0.15, -0.1) is 0 Å². The predicted molar refractivity (Wildman–Crippen MR) is 85.2 cm³/mol. The molecule has 0 aromatic heterocycles. The van der Waals surface area contributed by atoms with Crippen LogP contribution in [0.4, 0.5) is 4.79 Å². The molecule has 2 amide bonds. The molecule has 1 aromatic carbocycles. The van der Waals surface area contributed by atoms with Gasteiger partial charge in [-0.2, -0.15) is 0 Å². The van der Waals surface area contributed by atoms with Crippen molar-refractivity contribution in [2.45, 2.75) is 6.42 Å².